The molecule has 8 nitrogen and oxygen atoms in total. The number of carbonyl (C=O) groups excluding carboxylic acids is 3. The Kier molecular flexibility index (Phi) is 6.01. The third kappa shape index (κ3) is 4.44. The number of carbonyl (C=O) groups is 3. The van der Waals surface area contributed by atoms with Crippen LogP contribution in [0.3, 0.4) is 0 Å². The first-order valence-corrected chi connectivity index (χ1v) is 10.0. The maximum Gasteiger partial charge on any atom is 0.416 e. The molecule has 0 spiro atoms. The van der Waals surface area contributed by atoms with Crippen LogP contribution in [0.5, 0.6) is 0 Å². The lowest BCUT2D eigenvalue weighted by molar-refractivity contribution is -0.137. The van der Waals surface area contributed by atoms with E-state index in [1.165, 1.54) is 30.3 Å². The number of urea groups is 1. The molecule has 1 fully saturated rings. The van der Waals surface area contributed by atoms with Crippen LogP contribution in [-0.2, 0) is 16.5 Å². The third-order valence-corrected chi connectivity index (χ3v) is 5.44. The number of aromatic nitrogens is 2. The van der Waals surface area contributed by atoms with Gasteiger partial charge in [0.2, 0.25) is 0 Å². The SMILES string of the molecule is O=C1NC(=O)[C@@](CNC(=O)c2ccccc2-c2ccc(C(F)(F)F)cc2)(c2ccnn2C(F)F)N1. The monoisotopic (exact) mass is 493 g/mol. The van der Waals surface area contributed by atoms with E-state index in [2.05, 4.69) is 15.7 Å². The van der Waals surface area contributed by atoms with Crippen LogP contribution in [0.15, 0.2) is 60.8 Å². The van der Waals surface area contributed by atoms with Gasteiger partial charge in [-0.2, -0.15) is 27.1 Å². The van der Waals surface area contributed by atoms with Gasteiger partial charge in [0.05, 0.1) is 17.8 Å². The molecule has 3 N–H and O–H groups in total. The van der Waals surface area contributed by atoms with Gasteiger partial charge in [-0.25, -0.2) is 9.48 Å². The first-order valence-electron chi connectivity index (χ1n) is 10.0. The van der Waals surface area contributed by atoms with Gasteiger partial charge in [-0.1, -0.05) is 30.3 Å². The zero-order chi connectivity index (χ0) is 25.4. The molecule has 2 heterocycles. The number of nitrogens with one attached hydrogen (secondary N) is 3. The number of benzene rings is 2. The number of nitrogens with zero attached hydrogens (tertiary/aromatic N) is 2. The van der Waals surface area contributed by atoms with Gasteiger partial charge in [0.15, 0.2) is 5.54 Å². The summed E-state index contributed by atoms with van der Waals surface area (Å²) >= 11 is 0. The molecule has 0 bridgehead atoms. The largest absolute Gasteiger partial charge is 0.416 e. The number of hydrogen-bond donors (Lipinski definition) is 3. The first kappa shape index (κ1) is 23.9. The number of amides is 4. The van der Waals surface area contributed by atoms with Crippen LogP contribution in [0.2, 0.25) is 0 Å². The summed E-state index contributed by atoms with van der Waals surface area (Å²) in [5, 5.41) is 10.2. The van der Waals surface area contributed by atoms with Crippen molar-refractivity contribution in [2.75, 3.05) is 6.54 Å². The Morgan fingerprint density at radius 1 is 1.06 bits per heavy atom. The van der Waals surface area contributed by atoms with E-state index in [0.29, 0.717) is 11.1 Å². The quantitative estimate of drug-likeness (QED) is 0.362. The average molecular weight is 493 g/mol. The highest BCUT2D eigenvalue weighted by atomic mass is 19.4. The number of hydrogen-bond acceptors (Lipinski definition) is 4. The van der Waals surface area contributed by atoms with Crippen molar-refractivity contribution in [1.29, 1.82) is 0 Å². The van der Waals surface area contributed by atoms with Gasteiger partial charge in [-0.3, -0.25) is 14.9 Å². The van der Waals surface area contributed by atoms with Crippen molar-refractivity contribution in [3.05, 3.63) is 77.6 Å². The first-order chi connectivity index (χ1) is 16.5. The summed E-state index contributed by atoms with van der Waals surface area (Å²) < 4.78 is 65.7. The standard InChI is InChI=1S/C22H16F5N5O3/c23-19(24)32-16(9-10-29-32)21(18(34)30-20(35)31-21)11-28-17(33)15-4-2-1-3-14(15)12-5-7-13(8-6-12)22(25,26)27/h1-10,19H,11H2,(H,28,33)(H2,30,31,34,35)/t21-/m1/s1. The highest BCUT2D eigenvalue weighted by Gasteiger charge is 2.51. The minimum absolute atomic E-state index is 0.0505. The molecule has 0 saturated carbocycles. The van der Waals surface area contributed by atoms with Gasteiger partial charge >= 0.3 is 18.8 Å². The molecule has 0 unspecified atom stereocenters. The Bertz CT molecular complexity index is 1290. The van der Waals surface area contributed by atoms with E-state index in [1.807, 2.05) is 5.32 Å². The lowest BCUT2D eigenvalue weighted by atomic mass is 9.94. The fraction of sp³-hybridized carbons (Fsp3) is 0.182. The molecule has 1 saturated heterocycles. The maximum atomic E-state index is 13.4. The van der Waals surface area contributed by atoms with Crippen LogP contribution in [-0.4, -0.2) is 34.2 Å². The van der Waals surface area contributed by atoms with E-state index in [0.717, 1.165) is 24.4 Å². The van der Waals surface area contributed by atoms with E-state index < -0.39 is 48.2 Å². The lowest BCUT2D eigenvalue weighted by Gasteiger charge is -2.27. The molecule has 4 amide bonds. The molecule has 1 aromatic heterocycles. The van der Waals surface area contributed by atoms with Gasteiger partial charge in [0.25, 0.3) is 11.8 Å². The molecule has 4 rings (SSSR count). The number of imide groups is 1. The highest BCUT2D eigenvalue weighted by molar-refractivity contribution is 6.08. The summed E-state index contributed by atoms with van der Waals surface area (Å²) in [5.41, 5.74) is -2.61. The Labute approximate surface area is 194 Å². The van der Waals surface area contributed by atoms with Crippen LogP contribution in [0.25, 0.3) is 11.1 Å². The molecule has 1 aliphatic rings. The zero-order valence-electron chi connectivity index (χ0n) is 17.6. The van der Waals surface area contributed by atoms with Crippen molar-refractivity contribution in [2.45, 2.75) is 18.3 Å². The van der Waals surface area contributed by atoms with Crippen molar-refractivity contribution in [1.82, 2.24) is 25.7 Å². The summed E-state index contributed by atoms with van der Waals surface area (Å²) in [6.07, 6.45) is -3.51. The summed E-state index contributed by atoms with van der Waals surface area (Å²) in [5.74, 6) is -1.72. The summed E-state index contributed by atoms with van der Waals surface area (Å²) in [6.45, 7) is -3.73. The second kappa shape index (κ2) is 8.81. The van der Waals surface area contributed by atoms with Crippen molar-refractivity contribution in [2.24, 2.45) is 0 Å². The minimum atomic E-state index is -4.53. The molecule has 182 valence electrons. The van der Waals surface area contributed by atoms with E-state index in [-0.39, 0.29) is 15.9 Å². The minimum Gasteiger partial charge on any atom is -0.349 e. The molecule has 3 aromatic rings. The zero-order valence-corrected chi connectivity index (χ0v) is 17.6. The van der Waals surface area contributed by atoms with Crippen LogP contribution in [0, 0.1) is 0 Å². The number of rotatable bonds is 6. The lowest BCUT2D eigenvalue weighted by Crippen LogP contribution is -2.53. The molecule has 1 aliphatic heterocycles. The van der Waals surface area contributed by atoms with Gasteiger partial charge in [-0.15, -0.1) is 0 Å². The van der Waals surface area contributed by atoms with Gasteiger partial charge < -0.3 is 10.6 Å². The second-order valence-electron chi connectivity index (χ2n) is 7.56. The Balaban J connectivity index is 1.63. The smallest absolute Gasteiger partial charge is 0.349 e. The predicted octanol–water partition coefficient (Wildman–Crippen LogP) is 3.43. The van der Waals surface area contributed by atoms with E-state index in [1.54, 1.807) is 6.07 Å². The van der Waals surface area contributed by atoms with Crippen LogP contribution >= 0.6 is 0 Å². The second-order valence-corrected chi connectivity index (χ2v) is 7.56. The Hall–Kier alpha value is -4.29. The van der Waals surface area contributed by atoms with Crippen molar-refractivity contribution in [3.63, 3.8) is 0 Å². The van der Waals surface area contributed by atoms with Crippen LogP contribution in [0.4, 0.5) is 26.7 Å². The Morgan fingerprint density at radius 3 is 2.34 bits per heavy atom. The molecule has 2 aromatic carbocycles. The highest BCUT2D eigenvalue weighted by Crippen LogP contribution is 2.32. The molecule has 13 heteroatoms. The number of alkyl halides is 5. The molecular weight excluding hydrogens is 477 g/mol. The maximum absolute atomic E-state index is 13.4. The summed E-state index contributed by atoms with van der Waals surface area (Å²) in [6, 6.07) is 10.4. The van der Waals surface area contributed by atoms with Crippen molar-refractivity contribution >= 4 is 17.8 Å². The fourth-order valence-electron chi connectivity index (χ4n) is 3.77. The molecule has 0 radical (unpaired) electrons. The van der Waals surface area contributed by atoms with E-state index >= 15 is 0 Å². The third-order valence-electron chi connectivity index (χ3n) is 5.44. The molecule has 35 heavy (non-hydrogen) atoms. The van der Waals surface area contributed by atoms with E-state index in [9.17, 15) is 36.3 Å². The normalized spacial score (nSPS) is 17.9. The molecule has 1 atom stereocenters. The average Bonchev–Trinajstić information content (AvgIpc) is 3.42. The fourth-order valence-corrected chi connectivity index (χ4v) is 3.77. The van der Waals surface area contributed by atoms with Gasteiger partial charge in [-0.05, 0) is 35.4 Å². The van der Waals surface area contributed by atoms with Crippen molar-refractivity contribution in [3.8, 4) is 11.1 Å². The summed E-state index contributed by atoms with van der Waals surface area (Å²) in [7, 11) is 0. The molecular formula is C22H16F5N5O3. The van der Waals surface area contributed by atoms with Crippen LogP contribution in [0.1, 0.15) is 28.2 Å². The van der Waals surface area contributed by atoms with Crippen molar-refractivity contribution < 1.29 is 36.3 Å². The van der Waals surface area contributed by atoms with Crippen LogP contribution < -0.4 is 16.0 Å². The topological polar surface area (TPSA) is 105 Å². The molecule has 0 aliphatic carbocycles. The van der Waals surface area contributed by atoms with Gasteiger partial charge in [0.1, 0.15) is 0 Å². The predicted molar refractivity (Wildman–Crippen MR) is 111 cm³/mol. The number of halogens is 5. The Morgan fingerprint density at radius 2 is 1.74 bits per heavy atom. The van der Waals surface area contributed by atoms with Gasteiger partial charge in [0, 0.05) is 11.8 Å². The van der Waals surface area contributed by atoms with E-state index in [4.69, 9.17) is 0 Å². The summed E-state index contributed by atoms with van der Waals surface area (Å²) in [4.78, 5) is 37.5.